The molecule has 1 aromatic carbocycles. The first-order valence-electron chi connectivity index (χ1n) is 8.53. The molecule has 0 saturated heterocycles. The van der Waals surface area contributed by atoms with Crippen LogP contribution in [0.15, 0.2) is 30.3 Å². The monoisotopic (exact) mass is 437 g/mol. The molecule has 0 bridgehead atoms. The molecule has 160 valence electrons. The van der Waals surface area contributed by atoms with Crippen molar-refractivity contribution in [1.82, 2.24) is 5.32 Å². The lowest BCUT2D eigenvalue weighted by molar-refractivity contribution is -0.150. The Bertz CT molecular complexity index is 760. The quantitative estimate of drug-likeness (QED) is 0.289. The van der Waals surface area contributed by atoms with Crippen LogP contribution in [0.1, 0.15) is 39.7 Å². The number of benzene rings is 1. The van der Waals surface area contributed by atoms with Gasteiger partial charge in [0.15, 0.2) is 0 Å². The topological polar surface area (TPSA) is 153 Å². The molecule has 1 aromatic rings. The number of esters is 1. The van der Waals surface area contributed by atoms with Crippen LogP contribution in [0.3, 0.4) is 0 Å². The van der Waals surface area contributed by atoms with Gasteiger partial charge in [0, 0.05) is 11.0 Å². The zero-order chi connectivity index (χ0) is 22.0. The first kappa shape index (κ1) is 25.0. The lowest BCUT2D eigenvalue weighted by atomic mass is 9.77. The van der Waals surface area contributed by atoms with E-state index in [1.807, 2.05) is 0 Å². The highest BCUT2D eigenvalue weighted by Crippen LogP contribution is 2.76. The van der Waals surface area contributed by atoms with Crippen LogP contribution in [0.5, 0.6) is 0 Å². The molecule has 5 N–H and O–H groups in total. The standard InChI is InChI=1S/C17H29NO8P2/c1-15(2,12-16(3,4)18-5)17(27(20,21)22,28(23,24)25)14(19)26-11-13-9-7-6-8-10-13/h6-10,18H,11-12H2,1-5H3,(H2,20,21,22)(H2,23,24,25). The molecule has 0 amide bonds. The van der Waals surface area contributed by atoms with E-state index in [0.717, 1.165) is 0 Å². The molecule has 11 heteroatoms. The SMILES string of the molecule is CNC(C)(C)CC(C)(C)C(C(=O)OCc1ccccc1)(P(=O)(O)O)P(=O)(O)O. The van der Waals surface area contributed by atoms with Crippen molar-refractivity contribution in [3.05, 3.63) is 35.9 Å². The Labute approximate surface area is 164 Å². The van der Waals surface area contributed by atoms with Crippen LogP contribution in [0.2, 0.25) is 0 Å². The van der Waals surface area contributed by atoms with E-state index in [1.165, 1.54) is 13.8 Å². The van der Waals surface area contributed by atoms with Gasteiger partial charge in [-0.25, -0.2) is 0 Å². The number of rotatable bonds is 9. The van der Waals surface area contributed by atoms with Crippen molar-refractivity contribution >= 4 is 21.2 Å². The molecular weight excluding hydrogens is 408 g/mol. The molecule has 0 spiro atoms. The van der Waals surface area contributed by atoms with Gasteiger partial charge in [-0.15, -0.1) is 0 Å². The van der Waals surface area contributed by atoms with E-state index in [2.05, 4.69) is 5.32 Å². The number of hydrogen-bond acceptors (Lipinski definition) is 5. The molecule has 0 aliphatic heterocycles. The second kappa shape index (κ2) is 8.36. The fourth-order valence-corrected chi connectivity index (χ4v) is 7.31. The minimum Gasteiger partial charge on any atom is -0.459 e. The summed E-state index contributed by atoms with van der Waals surface area (Å²) in [7, 11) is -9.78. The fraction of sp³-hybridized carbons (Fsp3) is 0.588. The molecule has 9 nitrogen and oxygen atoms in total. The summed E-state index contributed by atoms with van der Waals surface area (Å²) in [6.07, 6.45) is -0.132. The molecule has 1 rings (SSSR count). The Hall–Kier alpha value is -1.05. The number of carbonyl (C=O) groups is 1. The largest absolute Gasteiger partial charge is 0.459 e. The maximum Gasteiger partial charge on any atom is 0.355 e. The van der Waals surface area contributed by atoms with Gasteiger partial charge in [0.1, 0.15) is 6.61 Å². The van der Waals surface area contributed by atoms with Gasteiger partial charge < -0.3 is 29.6 Å². The lowest BCUT2D eigenvalue weighted by Crippen LogP contribution is -2.55. The Kier molecular flexibility index (Phi) is 7.46. The number of ether oxygens (including phenoxy) is 1. The van der Waals surface area contributed by atoms with Gasteiger partial charge in [0.2, 0.25) is 0 Å². The van der Waals surface area contributed by atoms with E-state index in [4.69, 9.17) is 4.74 Å². The molecule has 0 radical (unpaired) electrons. The molecule has 0 aliphatic rings. The van der Waals surface area contributed by atoms with E-state index in [0.29, 0.717) is 5.56 Å². The van der Waals surface area contributed by atoms with Gasteiger partial charge in [-0.2, -0.15) is 0 Å². The summed E-state index contributed by atoms with van der Waals surface area (Å²) in [5.74, 6) is -1.63. The Balaban J connectivity index is 3.52. The normalized spacial score (nSPS) is 14.0. The summed E-state index contributed by atoms with van der Waals surface area (Å²) in [4.78, 5) is 49.7. The van der Waals surface area contributed by atoms with Crippen molar-refractivity contribution in [2.24, 2.45) is 5.41 Å². The van der Waals surface area contributed by atoms with Gasteiger partial charge >= 0.3 is 21.2 Å². The Morgan fingerprint density at radius 1 is 1.00 bits per heavy atom. The highest BCUT2D eigenvalue weighted by atomic mass is 31.2. The average molecular weight is 437 g/mol. The lowest BCUT2D eigenvalue weighted by Gasteiger charge is -2.47. The van der Waals surface area contributed by atoms with Crippen molar-refractivity contribution in [3.8, 4) is 0 Å². The van der Waals surface area contributed by atoms with E-state index < -0.39 is 37.0 Å². The van der Waals surface area contributed by atoms with Gasteiger partial charge in [0.25, 0.3) is 4.90 Å². The summed E-state index contributed by atoms with van der Waals surface area (Å²) in [5, 5.41) is 2.91. The Morgan fingerprint density at radius 2 is 1.46 bits per heavy atom. The van der Waals surface area contributed by atoms with Crippen LogP contribution >= 0.6 is 15.2 Å². The molecule has 0 aliphatic carbocycles. The zero-order valence-electron chi connectivity index (χ0n) is 16.6. The molecule has 0 aromatic heterocycles. The predicted octanol–water partition coefficient (Wildman–Crippen LogP) is 2.20. The first-order chi connectivity index (χ1) is 12.5. The third-order valence-electron chi connectivity index (χ3n) is 4.84. The van der Waals surface area contributed by atoms with Gasteiger partial charge in [-0.05, 0) is 32.9 Å². The third-order valence-corrected chi connectivity index (χ3v) is 9.67. The second-order valence-corrected chi connectivity index (χ2v) is 11.9. The van der Waals surface area contributed by atoms with Crippen molar-refractivity contribution < 1.29 is 38.2 Å². The van der Waals surface area contributed by atoms with Crippen molar-refractivity contribution in [1.29, 1.82) is 0 Å². The molecule has 0 heterocycles. The zero-order valence-corrected chi connectivity index (χ0v) is 18.4. The summed E-state index contributed by atoms with van der Waals surface area (Å²) in [6, 6.07) is 8.28. The molecule has 0 fully saturated rings. The van der Waals surface area contributed by atoms with Crippen LogP contribution in [0.25, 0.3) is 0 Å². The van der Waals surface area contributed by atoms with Crippen LogP contribution in [-0.2, 0) is 25.3 Å². The molecule has 28 heavy (non-hydrogen) atoms. The molecular formula is C17H29NO8P2. The molecule has 0 saturated carbocycles. The number of hydrogen-bond donors (Lipinski definition) is 5. The van der Waals surface area contributed by atoms with Crippen molar-refractivity contribution in [2.75, 3.05) is 7.05 Å². The van der Waals surface area contributed by atoms with E-state index in [-0.39, 0.29) is 13.0 Å². The summed E-state index contributed by atoms with van der Waals surface area (Å²) >= 11 is 0. The highest BCUT2D eigenvalue weighted by Gasteiger charge is 2.75. The highest BCUT2D eigenvalue weighted by molar-refractivity contribution is 7.74. The summed E-state index contributed by atoms with van der Waals surface area (Å²) in [6.45, 7) is 5.48. The molecule has 0 unspecified atom stereocenters. The third kappa shape index (κ3) is 4.92. The summed E-state index contributed by atoms with van der Waals surface area (Å²) in [5.41, 5.74) is -2.10. The molecule has 0 atom stereocenters. The Morgan fingerprint density at radius 3 is 1.86 bits per heavy atom. The van der Waals surface area contributed by atoms with Crippen LogP contribution in [0, 0.1) is 5.41 Å². The predicted molar refractivity (Wildman–Crippen MR) is 105 cm³/mol. The van der Waals surface area contributed by atoms with Gasteiger partial charge in [-0.3, -0.25) is 13.9 Å². The summed E-state index contributed by atoms with van der Waals surface area (Å²) < 4.78 is 29.9. The number of carbonyl (C=O) groups excluding carboxylic acids is 1. The second-order valence-electron chi connectivity index (χ2n) is 8.02. The maximum absolute atomic E-state index is 12.9. The van der Waals surface area contributed by atoms with Crippen molar-refractivity contribution in [2.45, 2.75) is 51.2 Å². The van der Waals surface area contributed by atoms with Crippen molar-refractivity contribution in [3.63, 3.8) is 0 Å². The number of nitrogens with one attached hydrogen (secondary N) is 1. The average Bonchev–Trinajstić information content (AvgIpc) is 2.50. The fourth-order valence-electron chi connectivity index (χ4n) is 3.61. The van der Waals surface area contributed by atoms with E-state index >= 15 is 0 Å². The first-order valence-corrected chi connectivity index (χ1v) is 11.8. The smallest absolute Gasteiger partial charge is 0.355 e. The van der Waals surface area contributed by atoms with Gasteiger partial charge in [0.05, 0.1) is 0 Å². The van der Waals surface area contributed by atoms with E-state index in [1.54, 1.807) is 51.2 Å². The minimum absolute atomic E-state index is 0.132. The van der Waals surface area contributed by atoms with E-state index in [9.17, 15) is 33.5 Å². The van der Waals surface area contributed by atoms with Crippen LogP contribution in [-0.4, -0.2) is 43.0 Å². The minimum atomic E-state index is -5.69. The van der Waals surface area contributed by atoms with Gasteiger partial charge in [-0.1, -0.05) is 44.2 Å². The maximum atomic E-state index is 12.9. The van der Waals surface area contributed by atoms with Crippen LogP contribution < -0.4 is 5.32 Å². The van der Waals surface area contributed by atoms with Crippen LogP contribution in [0.4, 0.5) is 0 Å².